The van der Waals surface area contributed by atoms with E-state index < -0.39 is 0 Å². The summed E-state index contributed by atoms with van der Waals surface area (Å²) < 4.78 is 0. The Morgan fingerprint density at radius 3 is 2.43 bits per heavy atom. The number of hydrogen-bond acceptors (Lipinski definition) is 4. The molecule has 0 atom stereocenters. The first-order valence-electron chi connectivity index (χ1n) is 5.29. The fourth-order valence-electron chi connectivity index (χ4n) is 1.28. The second-order valence-corrected chi connectivity index (χ2v) is 3.18. The lowest BCUT2D eigenvalue weighted by Crippen LogP contribution is -2.27. The van der Waals surface area contributed by atoms with Crippen LogP contribution in [0.2, 0.25) is 0 Å². The molecule has 0 N–H and O–H groups in total. The lowest BCUT2D eigenvalue weighted by molar-refractivity contribution is 0.276. The van der Waals surface area contributed by atoms with Crippen LogP contribution in [0.1, 0.15) is 26.6 Å². The van der Waals surface area contributed by atoms with Gasteiger partial charge in [0.05, 0.1) is 6.54 Å². The summed E-state index contributed by atoms with van der Waals surface area (Å²) in [7, 11) is 0. The Bertz CT molecular complexity index is 253. The minimum absolute atomic E-state index is 0.824. The van der Waals surface area contributed by atoms with Crippen molar-refractivity contribution < 1.29 is 0 Å². The topological polar surface area (TPSA) is 46.8 Å². The molecule has 5 nitrogen and oxygen atoms in total. The van der Waals surface area contributed by atoms with Crippen LogP contribution >= 0.6 is 0 Å². The van der Waals surface area contributed by atoms with Crippen molar-refractivity contribution in [3.63, 3.8) is 0 Å². The number of aromatic nitrogens is 4. The summed E-state index contributed by atoms with van der Waals surface area (Å²) in [6.45, 7) is 10.3. The smallest absolute Gasteiger partial charge is 0.174 e. The van der Waals surface area contributed by atoms with Gasteiger partial charge in [0.2, 0.25) is 0 Å². The summed E-state index contributed by atoms with van der Waals surface area (Å²) >= 11 is 0. The average Bonchev–Trinajstić information content (AvgIpc) is 2.67. The van der Waals surface area contributed by atoms with E-state index in [4.69, 9.17) is 0 Å². The lowest BCUT2D eigenvalue weighted by atomic mass is 10.5. The summed E-state index contributed by atoms with van der Waals surface area (Å²) in [6, 6.07) is 0. The van der Waals surface area contributed by atoms with Gasteiger partial charge in [0, 0.05) is 13.0 Å². The molecule has 0 saturated heterocycles. The van der Waals surface area contributed by atoms with Gasteiger partial charge in [-0.1, -0.05) is 20.8 Å². The van der Waals surface area contributed by atoms with Gasteiger partial charge in [-0.3, -0.25) is 0 Å². The van der Waals surface area contributed by atoms with Gasteiger partial charge < -0.3 is 4.90 Å². The van der Waals surface area contributed by atoms with Crippen LogP contribution in [0.25, 0.3) is 0 Å². The fraction of sp³-hybridized carbons (Fsp3) is 0.889. The number of rotatable bonds is 6. The molecular formula is C9H19N5. The van der Waals surface area contributed by atoms with Crippen LogP contribution in [-0.2, 0) is 13.0 Å². The van der Waals surface area contributed by atoms with E-state index in [0.29, 0.717) is 0 Å². The van der Waals surface area contributed by atoms with Crippen molar-refractivity contribution in [1.29, 1.82) is 0 Å². The maximum absolute atomic E-state index is 4.24. The molecule has 0 bridgehead atoms. The monoisotopic (exact) mass is 197 g/mol. The van der Waals surface area contributed by atoms with E-state index in [2.05, 4.69) is 34.2 Å². The fourth-order valence-corrected chi connectivity index (χ4v) is 1.28. The van der Waals surface area contributed by atoms with Crippen molar-refractivity contribution in [1.82, 2.24) is 25.1 Å². The van der Waals surface area contributed by atoms with E-state index in [1.165, 1.54) is 0 Å². The predicted molar refractivity (Wildman–Crippen MR) is 55.0 cm³/mol. The third-order valence-corrected chi connectivity index (χ3v) is 2.32. The van der Waals surface area contributed by atoms with Gasteiger partial charge in [-0.25, -0.2) is 0 Å². The Balaban J connectivity index is 2.37. The van der Waals surface area contributed by atoms with Gasteiger partial charge in [-0.15, -0.1) is 10.2 Å². The molecule has 1 rings (SSSR count). The highest BCUT2D eigenvalue weighted by atomic mass is 15.6. The standard InChI is InChI=1S/C9H19N5/c1-4-9-10-12-14(11-9)8-7-13(5-2)6-3/h4-8H2,1-3H3. The number of nitrogens with zero attached hydrogens (tertiary/aromatic N) is 5. The minimum atomic E-state index is 0.824. The van der Waals surface area contributed by atoms with E-state index in [-0.39, 0.29) is 0 Å². The van der Waals surface area contributed by atoms with Crippen LogP contribution in [0.15, 0.2) is 0 Å². The minimum Gasteiger partial charge on any atom is -0.302 e. The highest BCUT2D eigenvalue weighted by molar-refractivity contribution is 4.73. The number of likely N-dealkylation sites (N-methyl/N-ethyl adjacent to an activating group) is 1. The quantitative estimate of drug-likeness (QED) is 0.669. The van der Waals surface area contributed by atoms with E-state index in [1.54, 1.807) is 4.80 Å². The second-order valence-electron chi connectivity index (χ2n) is 3.18. The van der Waals surface area contributed by atoms with E-state index >= 15 is 0 Å². The van der Waals surface area contributed by atoms with Gasteiger partial charge in [-0.05, 0) is 18.3 Å². The first kappa shape index (κ1) is 11.1. The van der Waals surface area contributed by atoms with Crippen molar-refractivity contribution in [2.45, 2.75) is 33.7 Å². The van der Waals surface area contributed by atoms with Crippen LogP contribution in [0.3, 0.4) is 0 Å². The molecule has 0 radical (unpaired) electrons. The Labute approximate surface area is 85.1 Å². The molecule has 0 saturated carbocycles. The van der Waals surface area contributed by atoms with Crippen LogP contribution < -0.4 is 0 Å². The first-order valence-corrected chi connectivity index (χ1v) is 5.29. The molecule has 0 fully saturated rings. The molecule has 0 amide bonds. The Kier molecular flexibility index (Phi) is 4.52. The molecular weight excluding hydrogens is 178 g/mol. The summed E-state index contributed by atoms with van der Waals surface area (Å²) in [5, 5.41) is 12.1. The molecule has 0 aromatic carbocycles. The summed E-state index contributed by atoms with van der Waals surface area (Å²) in [5.41, 5.74) is 0. The van der Waals surface area contributed by atoms with Crippen molar-refractivity contribution in [3.05, 3.63) is 5.82 Å². The SMILES string of the molecule is CCc1nnn(CCN(CC)CC)n1. The molecule has 1 aromatic heterocycles. The van der Waals surface area contributed by atoms with Gasteiger partial charge in [0.1, 0.15) is 0 Å². The van der Waals surface area contributed by atoms with Crippen molar-refractivity contribution in [3.8, 4) is 0 Å². The number of aryl methyl sites for hydroxylation is 1. The summed E-state index contributed by atoms with van der Waals surface area (Å²) in [6.07, 6.45) is 0.852. The maximum atomic E-state index is 4.24. The van der Waals surface area contributed by atoms with Gasteiger partial charge in [0.25, 0.3) is 0 Å². The van der Waals surface area contributed by atoms with E-state index in [9.17, 15) is 0 Å². The molecule has 0 spiro atoms. The second kappa shape index (κ2) is 5.70. The van der Waals surface area contributed by atoms with Crippen molar-refractivity contribution in [2.24, 2.45) is 0 Å². The molecule has 0 aliphatic heterocycles. The average molecular weight is 197 g/mol. The Morgan fingerprint density at radius 2 is 1.93 bits per heavy atom. The molecule has 14 heavy (non-hydrogen) atoms. The van der Waals surface area contributed by atoms with Gasteiger partial charge in [0.15, 0.2) is 5.82 Å². The lowest BCUT2D eigenvalue weighted by Gasteiger charge is -2.16. The third-order valence-electron chi connectivity index (χ3n) is 2.32. The highest BCUT2D eigenvalue weighted by Crippen LogP contribution is 1.90. The van der Waals surface area contributed by atoms with Crippen molar-refractivity contribution in [2.75, 3.05) is 19.6 Å². The molecule has 1 heterocycles. The van der Waals surface area contributed by atoms with E-state index in [1.807, 2.05) is 6.92 Å². The van der Waals surface area contributed by atoms with Gasteiger partial charge >= 0.3 is 0 Å². The highest BCUT2D eigenvalue weighted by Gasteiger charge is 2.02. The summed E-state index contributed by atoms with van der Waals surface area (Å²) in [4.78, 5) is 4.02. The molecule has 0 aliphatic rings. The maximum Gasteiger partial charge on any atom is 0.174 e. The van der Waals surface area contributed by atoms with Crippen LogP contribution in [0.5, 0.6) is 0 Å². The third kappa shape index (κ3) is 3.06. The Morgan fingerprint density at radius 1 is 1.21 bits per heavy atom. The summed E-state index contributed by atoms with van der Waals surface area (Å²) in [5.74, 6) is 0.824. The van der Waals surface area contributed by atoms with Gasteiger partial charge in [-0.2, -0.15) is 4.80 Å². The molecule has 0 aliphatic carbocycles. The Hall–Kier alpha value is -0.970. The van der Waals surface area contributed by atoms with Crippen LogP contribution in [0, 0.1) is 0 Å². The normalized spacial score (nSPS) is 11.1. The zero-order valence-corrected chi connectivity index (χ0v) is 9.27. The zero-order chi connectivity index (χ0) is 10.4. The first-order chi connectivity index (χ1) is 6.80. The predicted octanol–water partition coefficient (Wildman–Crippen LogP) is 0.577. The molecule has 1 aromatic rings. The molecule has 5 heteroatoms. The van der Waals surface area contributed by atoms with Crippen LogP contribution in [-0.4, -0.2) is 44.7 Å². The number of tetrazole rings is 1. The van der Waals surface area contributed by atoms with Crippen LogP contribution in [0.4, 0.5) is 0 Å². The molecule has 80 valence electrons. The molecule has 0 unspecified atom stereocenters. The van der Waals surface area contributed by atoms with E-state index in [0.717, 1.165) is 38.4 Å². The zero-order valence-electron chi connectivity index (χ0n) is 9.27. The van der Waals surface area contributed by atoms with Crippen molar-refractivity contribution >= 4 is 0 Å². The number of hydrogen-bond donors (Lipinski definition) is 0. The largest absolute Gasteiger partial charge is 0.302 e.